The number of hydrogen-bond acceptors (Lipinski definition) is 3. The summed E-state index contributed by atoms with van der Waals surface area (Å²) in [7, 11) is 0. The minimum atomic E-state index is -1.20. The monoisotopic (exact) mass is 186 g/mol. The van der Waals surface area contributed by atoms with Gasteiger partial charge in [0.2, 0.25) is 0 Å². The molecule has 1 aliphatic carbocycles. The first kappa shape index (κ1) is 7.80. The summed E-state index contributed by atoms with van der Waals surface area (Å²) in [6.07, 6.45) is 4.76. The lowest BCUT2D eigenvalue weighted by Crippen LogP contribution is -2.35. The molecule has 3 nitrogen and oxygen atoms in total. The highest BCUT2D eigenvalue weighted by Crippen LogP contribution is 2.41. The zero-order valence-corrected chi connectivity index (χ0v) is 7.00. The Morgan fingerprint density at radius 1 is 1.58 bits per heavy atom. The van der Waals surface area contributed by atoms with Gasteiger partial charge in [0, 0.05) is 0 Å². The van der Waals surface area contributed by atoms with Gasteiger partial charge >= 0.3 is 11.9 Å². The van der Waals surface area contributed by atoms with E-state index in [1.54, 1.807) is 6.08 Å². The number of hydrogen-bond donors (Lipinski definition) is 0. The third kappa shape index (κ3) is 0.829. The first-order valence-electron chi connectivity index (χ1n) is 3.77. The van der Waals surface area contributed by atoms with Gasteiger partial charge in [0.25, 0.3) is 0 Å². The Balaban J connectivity index is 2.44. The minimum Gasteiger partial charge on any atom is -0.391 e. The van der Waals surface area contributed by atoms with E-state index in [9.17, 15) is 9.59 Å². The lowest BCUT2D eigenvalue weighted by atomic mass is 9.85. The highest BCUT2D eigenvalue weighted by atomic mass is 35.5. The molecule has 2 atom stereocenters. The van der Waals surface area contributed by atoms with Crippen molar-refractivity contribution >= 4 is 23.5 Å². The van der Waals surface area contributed by atoms with Crippen molar-refractivity contribution in [3.63, 3.8) is 0 Å². The molecule has 2 rings (SSSR count). The average molecular weight is 187 g/mol. The fourth-order valence-corrected chi connectivity index (χ4v) is 1.91. The molecule has 4 heteroatoms. The lowest BCUT2D eigenvalue weighted by molar-refractivity contribution is -0.153. The summed E-state index contributed by atoms with van der Waals surface area (Å²) in [5, 5.41) is 0. The van der Waals surface area contributed by atoms with Crippen LogP contribution in [0.5, 0.6) is 0 Å². The summed E-state index contributed by atoms with van der Waals surface area (Å²) in [6.45, 7) is 0. The summed E-state index contributed by atoms with van der Waals surface area (Å²) in [5.41, 5.74) is 0. The van der Waals surface area contributed by atoms with Gasteiger partial charge in [-0.15, -0.1) is 11.6 Å². The number of fused-ring (bicyclic) bond motifs is 1. The Morgan fingerprint density at radius 3 is 3.00 bits per heavy atom. The molecule has 0 saturated carbocycles. The fourth-order valence-electron chi connectivity index (χ4n) is 1.58. The van der Waals surface area contributed by atoms with Crippen LogP contribution in [0.25, 0.3) is 0 Å². The van der Waals surface area contributed by atoms with Crippen LogP contribution >= 0.6 is 11.6 Å². The van der Waals surface area contributed by atoms with E-state index in [0.29, 0.717) is 6.42 Å². The van der Waals surface area contributed by atoms with Crippen LogP contribution in [0.1, 0.15) is 12.8 Å². The average Bonchev–Trinajstić information content (AvgIpc) is 2.25. The maximum absolute atomic E-state index is 11.1. The maximum Gasteiger partial charge on any atom is 0.339 e. The van der Waals surface area contributed by atoms with E-state index in [1.165, 1.54) is 0 Å². The number of cyclic esters (lactones) is 2. The van der Waals surface area contributed by atoms with E-state index in [0.717, 1.165) is 6.42 Å². The minimum absolute atomic E-state index is 0.475. The normalized spacial score (nSPS) is 39.6. The summed E-state index contributed by atoms with van der Waals surface area (Å²) in [6, 6.07) is 0. The second-order valence-electron chi connectivity index (χ2n) is 3.01. The molecule has 1 heterocycles. The Morgan fingerprint density at radius 2 is 2.33 bits per heavy atom. The predicted octanol–water partition coefficient (Wildman–Crippen LogP) is 1.01. The molecule has 1 fully saturated rings. The Kier molecular flexibility index (Phi) is 1.51. The molecule has 0 spiro atoms. The number of rotatable bonds is 0. The van der Waals surface area contributed by atoms with Crippen LogP contribution in [0.3, 0.4) is 0 Å². The zero-order chi connectivity index (χ0) is 8.77. The van der Waals surface area contributed by atoms with Crippen LogP contribution in [-0.2, 0) is 14.3 Å². The molecule has 64 valence electrons. The first-order valence-corrected chi connectivity index (χ1v) is 4.15. The molecule has 0 radical (unpaired) electrons. The Labute approximate surface area is 74.3 Å². The topological polar surface area (TPSA) is 43.4 Å². The van der Waals surface area contributed by atoms with Gasteiger partial charge in [-0.2, -0.15) is 0 Å². The molecular formula is C8H7ClO3. The summed E-state index contributed by atoms with van der Waals surface area (Å²) in [4.78, 5) is 21.0. The van der Waals surface area contributed by atoms with Gasteiger partial charge in [-0.1, -0.05) is 12.2 Å². The molecule has 1 saturated heterocycles. The number of ether oxygens (including phenoxy) is 1. The molecule has 2 aliphatic rings. The summed E-state index contributed by atoms with van der Waals surface area (Å²) >= 11 is 5.94. The van der Waals surface area contributed by atoms with Gasteiger partial charge in [0.05, 0.1) is 5.92 Å². The van der Waals surface area contributed by atoms with Gasteiger partial charge < -0.3 is 4.74 Å². The van der Waals surface area contributed by atoms with Crippen molar-refractivity contribution in [3.8, 4) is 0 Å². The highest BCUT2D eigenvalue weighted by Gasteiger charge is 2.55. The fraction of sp³-hybridized carbons (Fsp3) is 0.500. The second kappa shape index (κ2) is 2.33. The largest absolute Gasteiger partial charge is 0.391 e. The molecule has 0 bridgehead atoms. The standard InChI is InChI=1S/C8H7ClO3/c9-8-4-2-1-3-5(8)6(10)12-7(8)11/h2,4-5H,1,3H2. The number of allylic oxidation sites excluding steroid dienone is 1. The molecule has 0 aromatic heterocycles. The Hall–Kier alpha value is -0.830. The van der Waals surface area contributed by atoms with E-state index >= 15 is 0 Å². The van der Waals surface area contributed by atoms with E-state index in [1.807, 2.05) is 6.08 Å². The van der Waals surface area contributed by atoms with E-state index in [2.05, 4.69) is 4.74 Å². The smallest absolute Gasteiger partial charge is 0.339 e. The summed E-state index contributed by atoms with van der Waals surface area (Å²) in [5.74, 6) is -1.59. The van der Waals surface area contributed by atoms with Gasteiger partial charge in [-0.3, -0.25) is 4.79 Å². The third-order valence-corrected chi connectivity index (χ3v) is 2.82. The van der Waals surface area contributed by atoms with Gasteiger partial charge in [0.1, 0.15) is 0 Å². The van der Waals surface area contributed by atoms with Crippen LogP contribution in [0.2, 0.25) is 0 Å². The molecule has 0 aromatic rings. The number of esters is 2. The number of carbonyl (C=O) groups is 2. The quantitative estimate of drug-likeness (QED) is 0.246. The SMILES string of the molecule is O=C1OC(=O)C2(Cl)C=CCCC12. The molecule has 0 aromatic carbocycles. The van der Waals surface area contributed by atoms with E-state index in [4.69, 9.17) is 11.6 Å². The van der Waals surface area contributed by atoms with Crippen molar-refractivity contribution < 1.29 is 14.3 Å². The van der Waals surface area contributed by atoms with Crippen molar-refractivity contribution in [1.82, 2.24) is 0 Å². The van der Waals surface area contributed by atoms with Crippen molar-refractivity contribution in [3.05, 3.63) is 12.2 Å². The van der Waals surface area contributed by atoms with Crippen LogP contribution in [-0.4, -0.2) is 16.8 Å². The van der Waals surface area contributed by atoms with E-state index in [-0.39, 0.29) is 0 Å². The van der Waals surface area contributed by atoms with Crippen molar-refractivity contribution in [1.29, 1.82) is 0 Å². The highest BCUT2D eigenvalue weighted by molar-refractivity contribution is 6.39. The Bertz CT molecular complexity index is 284. The third-order valence-electron chi connectivity index (χ3n) is 2.28. The van der Waals surface area contributed by atoms with Crippen molar-refractivity contribution in [2.75, 3.05) is 0 Å². The number of alkyl halides is 1. The van der Waals surface area contributed by atoms with Crippen LogP contribution < -0.4 is 0 Å². The van der Waals surface area contributed by atoms with Gasteiger partial charge in [-0.05, 0) is 12.8 Å². The van der Waals surface area contributed by atoms with Crippen molar-refractivity contribution in [2.24, 2.45) is 5.92 Å². The van der Waals surface area contributed by atoms with Gasteiger partial charge in [-0.25, -0.2) is 4.79 Å². The number of carbonyl (C=O) groups excluding carboxylic acids is 2. The molecule has 12 heavy (non-hydrogen) atoms. The van der Waals surface area contributed by atoms with Gasteiger partial charge in [0.15, 0.2) is 4.87 Å². The second-order valence-corrected chi connectivity index (χ2v) is 3.63. The molecular weight excluding hydrogens is 180 g/mol. The lowest BCUT2D eigenvalue weighted by Gasteiger charge is -2.21. The van der Waals surface area contributed by atoms with Crippen LogP contribution in [0.15, 0.2) is 12.2 Å². The predicted molar refractivity (Wildman–Crippen MR) is 41.5 cm³/mol. The zero-order valence-electron chi connectivity index (χ0n) is 6.25. The van der Waals surface area contributed by atoms with Crippen molar-refractivity contribution in [2.45, 2.75) is 17.7 Å². The molecule has 2 unspecified atom stereocenters. The molecule has 1 aliphatic heterocycles. The molecule has 0 amide bonds. The summed E-state index contributed by atoms with van der Waals surface area (Å²) < 4.78 is 4.45. The number of halogens is 1. The first-order chi connectivity index (χ1) is 5.64. The van der Waals surface area contributed by atoms with Crippen LogP contribution in [0.4, 0.5) is 0 Å². The van der Waals surface area contributed by atoms with E-state index < -0.39 is 22.7 Å². The molecule has 0 N–H and O–H groups in total. The van der Waals surface area contributed by atoms with Crippen LogP contribution in [0, 0.1) is 5.92 Å². The maximum atomic E-state index is 11.1.